The van der Waals surface area contributed by atoms with E-state index in [2.05, 4.69) is 5.32 Å². The van der Waals surface area contributed by atoms with Crippen molar-refractivity contribution in [3.05, 3.63) is 54.1 Å². The molecule has 0 saturated carbocycles. The van der Waals surface area contributed by atoms with Crippen molar-refractivity contribution < 1.29 is 9.53 Å². The number of carbonyl (C=O) groups is 1. The average Bonchev–Trinajstić information content (AvgIpc) is 2.53. The Bertz CT molecular complexity index is 663. The Kier molecular flexibility index (Phi) is 5.24. The predicted molar refractivity (Wildman–Crippen MR) is 83.5 cm³/mol. The lowest BCUT2D eigenvalue weighted by Gasteiger charge is -2.08. The van der Waals surface area contributed by atoms with Gasteiger partial charge in [0.1, 0.15) is 5.75 Å². The Morgan fingerprint density at radius 1 is 1.29 bits per heavy atom. The van der Waals surface area contributed by atoms with E-state index in [0.29, 0.717) is 17.0 Å². The molecule has 0 unspecified atom stereocenters. The number of rotatable bonds is 5. The Morgan fingerprint density at radius 2 is 2.05 bits per heavy atom. The molecular formula is C16H14N2O2S. The first kappa shape index (κ1) is 14.9. The minimum atomic E-state index is -0.265. The maximum atomic E-state index is 11.8. The summed E-state index contributed by atoms with van der Waals surface area (Å²) in [6.45, 7) is -0.0740. The van der Waals surface area contributed by atoms with Crippen LogP contribution < -0.4 is 10.1 Å². The molecule has 1 N–H and O–H groups in total. The van der Waals surface area contributed by atoms with Gasteiger partial charge in [0, 0.05) is 10.6 Å². The van der Waals surface area contributed by atoms with Crippen molar-refractivity contribution in [2.45, 2.75) is 4.90 Å². The van der Waals surface area contributed by atoms with E-state index in [4.69, 9.17) is 10.00 Å². The van der Waals surface area contributed by atoms with Crippen LogP contribution in [0, 0.1) is 11.3 Å². The fourth-order valence-electron chi connectivity index (χ4n) is 1.68. The summed E-state index contributed by atoms with van der Waals surface area (Å²) in [7, 11) is 0. The van der Waals surface area contributed by atoms with E-state index in [0.717, 1.165) is 4.90 Å². The molecule has 0 saturated heterocycles. The van der Waals surface area contributed by atoms with Crippen LogP contribution in [-0.2, 0) is 4.79 Å². The van der Waals surface area contributed by atoms with Crippen molar-refractivity contribution in [2.75, 3.05) is 18.2 Å². The number of nitrogens with one attached hydrogen (secondary N) is 1. The molecule has 0 bridgehead atoms. The molecule has 2 aromatic rings. The van der Waals surface area contributed by atoms with Gasteiger partial charge in [-0.2, -0.15) is 5.26 Å². The summed E-state index contributed by atoms with van der Waals surface area (Å²) in [5, 5.41) is 11.5. The van der Waals surface area contributed by atoms with E-state index in [9.17, 15) is 4.79 Å². The number of nitriles is 1. The number of carbonyl (C=O) groups excluding carboxylic acids is 1. The summed E-state index contributed by atoms with van der Waals surface area (Å²) in [6.07, 6.45) is 2.00. The van der Waals surface area contributed by atoms with Crippen molar-refractivity contribution >= 4 is 23.4 Å². The zero-order chi connectivity index (χ0) is 15.1. The maximum Gasteiger partial charge on any atom is 0.262 e. The highest BCUT2D eigenvalue weighted by atomic mass is 32.2. The summed E-state index contributed by atoms with van der Waals surface area (Å²) in [4.78, 5) is 12.9. The van der Waals surface area contributed by atoms with Crippen LogP contribution >= 0.6 is 11.8 Å². The zero-order valence-electron chi connectivity index (χ0n) is 11.5. The molecule has 0 aliphatic rings. The molecule has 4 nitrogen and oxygen atoms in total. The molecule has 21 heavy (non-hydrogen) atoms. The molecule has 0 aromatic heterocycles. The van der Waals surface area contributed by atoms with E-state index in [1.807, 2.05) is 36.6 Å². The molecule has 2 aromatic carbocycles. The van der Waals surface area contributed by atoms with Crippen molar-refractivity contribution in [2.24, 2.45) is 0 Å². The Hall–Kier alpha value is -2.45. The summed E-state index contributed by atoms with van der Waals surface area (Å²) in [5.41, 5.74) is 1.08. The molecule has 0 aliphatic heterocycles. The molecule has 0 heterocycles. The van der Waals surface area contributed by atoms with Gasteiger partial charge in [0.2, 0.25) is 0 Å². The average molecular weight is 298 g/mol. The number of nitrogens with zero attached hydrogens (tertiary/aromatic N) is 1. The van der Waals surface area contributed by atoms with E-state index < -0.39 is 0 Å². The zero-order valence-corrected chi connectivity index (χ0v) is 12.3. The van der Waals surface area contributed by atoms with Crippen LogP contribution in [0.2, 0.25) is 0 Å². The highest BCUT2D eigenvalue weighted by Crippen LogP contribution is 2.19. The number of hydrogen-bond acceptors (Lipinski definition) is 4. The molecule has 5 heteroatoms. The summed E-state index contributed by atoms with van der Waals surface area (Å²) < 4.78 is 5.41. The normalized spacial score (nSPS) is 9.71. The first-order valence-electron chi connectivity index (χ1n) is 6.28. The molecule has 0 aliphatic carbocycles. The van der Waals surface area contributed by atoms with Crippen molar-refractivity contribution in [3.8, 4) is 11.8 Å². The number of ether oxygens (including phenoxy) is 1. The van der Waals surface area contributed by atoms with Gasteiger partial charge in [0.05, 0.1) is 11.6 Å². The molecule has 0 radical (unpaired) electrons. The van der Waals surface area contributed by atoms with Gasteiger partial charge in [-0.05, 0) is 48.7 Å². The van der Waals surface area contributed by atoms with Crippen LogP contribution in [0.15, 0.2) is 53.4 Å². The number of anilines is 1. The van der Waals surface area contributed by atoms with Crippen LogP contribution in [0.25, 0.3) is 0 Å². The van der Waals surface area contributed by atoms with Crippen molar-refractivity contribution in [1.29, 1.82) is 5.26 Å². The fourth-order valence-corrected chi connectivity index (χ4v) is 2.09. The fraction of sp³-hybridized carbons (Fsp3) is 0.125. The highest BCUT2D eigenvalue weighted by Gasteiger charge is 2.04. The van der Waals surface area contributed by atoms with Crippen LogP contribution in [0.5, 0.6) is 5.75 Å². The number of benzene rings is 2. The van der Waals surface area contributed by atoms with Gasteiger partial charge >= 0.3 is 0 Å². The van der Waals surface area contributed by atoms with E-state index in [-0.39, 0.29) is 12.5 Å². The van der Waals surface area contributed by atoms with Crippen molar-refractivity contribution in [3.63, 3.8) is 0 Å². The third-order valence-corrected chi connectivity index (χ3v) is 3.45. The SMILES string of the molecule is CSc1ccc(OCC(=O)Nc2cccc(C#N)c2)cc1. The van der Waals surface area contributed by atoms with Crippen LogP contribution in [0.3, 0.4) is 0 Å². The van der Waals surface area contributed by atoms with Gasteiger partial charge in [-0.3, -0.25) is 4.79 Å². The predicted octanol–water partition coefficient (Wildman–Crippen LogP) is 3.30. The third kappa shape index (κ3) is 4.55. The molecule has 1 amide bonds. The molecule has 2 rings (SSSR count). The summed E-state index contributed by atoms with van der Waals surface area (Å²) in [6, 6.07) is 16.3. The highest BCUT2D eigenvalue weighted by molar-refractivity contribution is 7.98. The molecular weight excluding hydrogens is 284 g/mol. The topological polar surface area (TPSA) is 62.1 Å². The Labute approximate surface area is 127 Å². The van der Waals surface area contributed by atoms with Gasteiger partial charge in [0.15, 0.2) is 6.61 Å². The van der Waals surface area contributed by atoms with Crippen molar-refractivity contribution in [1.82, 2.24) is 0 Å². The largest absolute Gasteiger partial charge is 0.484 e. The lowest BCUT2D eigenvalue weighted by Crippen LogP contribution is -2.20. The van der Waals surface area contributed by atoms with Crippen LogP contribution in [0.4, 0.5) is 5.69 Å². The van der Waals surface area contributed by atoms with Gasteiger partial charge in [-0.1, -0.05) is 6.07 Å². The van der Waals surface area contributed by atoms with E-state index in [1.54, 1.807) is 36.0 Å². The Balaban J connectivity index is 1.88. The molecule has 0 fully saturated rings. The minimum absolute atomic E-state index is 0.0740. The van der Waals surface area contributed by atoms with Crippen LogP contribution in [0.1, 0.15) is 5.56 Å². The lowest BCUT2D eigenvalue weighted by molar-refractivity contribution is -0.118. The second-order valence-electron chi connectivity index (χ2n) is 4.20. The first-order valence-corrected chi connectivity index (χ1v) is 7.50. The molecule has 0 spiro atoms. The van der Waals surface area contributed by atoms with Crippen LogP contribution in [-0.4, -0.2) is 18.8 Å². The van der Waals surface area contributed by atoms with E-state index in [1.165, 1.54) is 0 Å². The van der Waals surface area contributed by atoms with Gasteiger partial charge in [0.25, 0.3) is 5.91 Å². The van der Waals surface area contributed by atoms with Gasteiger partial charge in [-0.15, -0.1) is 11.8 Å². The molecule has 106 valence electrons. The molecule has 0 atom stereocenters. The second kappa shape index (κ2) is 7.36. The first-order chi connectivity index (χ1) is 10.2. The van der Waals surface area contributed by atoms with Gasteiger partial charge in [-0.25, -0.2) is 0 Å². The third-order valence-electron chi connectivity index (χ3n) is 2.70. The maximum absolute atomic E-state index is 11.8. The number of thioether (sulfide) groups is 1. The smallest absolute Gasteiger partial charge is 0.262 e. The minimum Gasteiger partial charge on any atom is -0.484 e. The second-order valence-corrected chi connectivity index (χ2v) is 5.08. The number of hydrogen-bond donors (Lipinski definition) is 1. The van der Waals surface area contributed by atoms with Gasteiger partial charge < -0.3 is 10.1 Å². The standard InChI is InChI=1S/C16H14N2O2S/c1-21-15-7-5-14(6-8-15)20-11-16(19)18-13-4-2-3-12(9-13)10-17/h2-9H,11H2,1H3,(H,18,19). The number of amides is 1. The summed E-state index contributed by atoms with van der Waals surface area (Å²) in [5.74, 6) is 0.382. The Morgan fingerprint density at radius 3 is 2.71 bits per heavy atom. The van der Waals surface area contributed by atoms with E-state index >= 15 is 0 Å². The lowest BCUT2D eigenvalue weighted by atomic mass is 10.2. The monoisotopic (exact) mass is 298 g/mol. The quantitative estimate of drug-likeness (QED) is 0.860. The summed E-state index contributed by atoms with van der Waals surface area (Å²) >= 11 is 1.65.